The molecule has 1 N–H and O–H groups in total. The van der Waals surface area contributed by atoms with Crippen LogP contribution in [0, 0.1) is 10.8 Å². The number of nitroso groups, excluding NO2 is 1. The van der Waals surface area contributed by atoms with Crippen LogP contribution in [0.4, 0.5) is 24.8 Å². The van der Waals surface area contributed by atoms with Crippen molar-refractivity contribution in [2.75, 3.05) is 19.0 Å². The fourth-order valence-electron chi connectivity index (χ4n) is 4.18. The Morgan fingerprint density at radius 3 is 2.44 bits per heavy atom. The SMILES string of the molecule is COc1cc(C(=O)N2C[C@@H](Nc3ccc(N=O)nn3)[C@@H](C)[C@H]2C)ncc1-c1ccc(C(F)(F)F)cc1. The maximum absolute atomic E-state index is 13.3. The first-order valence-corrected chi connectivity index (χ1v) is 11.1. The number of aromatic nitrogens is 3. The number of methoxy groups -OCH3 is 1. The van der Waals surface area contributed by atoms with E-state index in [-0.39, 0.29) is 35.4 Å². The number of hydrogen-bond acceptors (Lipinski definition) is 8. The topological polar surface area (TPSA) is 110 Å². The fourth-order valence-corrected chi connectivity index (χ4v) is 4.18. The maximum atomic E-state index is 13.3. The van der Waals surface area contributed by atoms with Gasteiger partial charge < -0.3 is 15.0 Å². The van der Waals surface area contributed by atoms with Crippen molar-refractivity contribution >= 4 is 17.5 Å². The van der Waals surface area contributed by atoms with Gasteiger partial charge in [0.2, 0.25) is 5.82 Å². The molecule has 36 heavy (non-hydrogen) atoms. The second kappa shape index (κ2) is 9.88. The van der Waals surface area contributed by atoms with Crippen molar-refractivity contribution in [1.29, 1.82) is 0 Å². The summed E-state index contributed by atoms with van der Waals surface area (Å²) in [5, 5.41) is 13.6. The molecule has 0 aliphatic carbocycles. The molecule has 2 aromatic heterocycles. The highest BCUT2D eigenvalue weighted by Gasteiger charge is 2.40. The number of carbonyl (C=O) groups is 1. The van der Waals surface area contributed by atoms with Crippen LogP contribution in [0.15, 0.2) is 53.8 Å². The fraction of sp³-hybridized carbons (Fsp3) is 0.333. The number of anilines is 1. The molecule has 1 amide bonds. The first-order valence-electron chi connectivity index (χ1n) is 11.1. The first kappa shape index (κ1) is 25.0. The molecule has 12 heteroatoms. The van der Waals surface area contributed by atoms with Crippen LogP contribution in [0.3, 0.4) is 0 Å². The molecule has 1 aliphatic rings. The van der Waals surface area contributed by atoms with Gasteiger partial charge in [-0.1, -0.05) is 19.1 Å². The Morgan fingerprint density at radius 2 is 1.86 bits per heavy atom. The van der Waals surface area contributed by atoms with Gasteiger partial charge in [-0.15, -0.1) is 15.1 Å². The summed E-state index contributed by atoms with van der Waals surface area (Å²) in [6, 6.07) is 8.94. The molecule has 1 aromatic carbocycles. The Hall–Kier alpha value is -4.09. The summed E-state index contributed by atoms with van der Waals surface area (Å²) in [5.41, 5.74) is 0.351. The van der Waals surface area contributed by atoms with Gasteiger partial charge in [0.05, 0.1) is 12.7 Å². The van der Waals surface area contributed by atoms with E-state index in [2.05, 4.69) is 25.7 Å². The first-order chi connectivity index (χ1) is 17.1. The number of ether oxygens (including phenoxy) is 1. The van der Waals surface area contributed by atoms with Crippen molar-refractivity contribution in [3.63, 3.8) is 0 Å². The van der Waals surface area contributed by atoms with E-state index in [1.807, 2.05) is 13.8 Å². The lowest BCUT2D eigenvalue weighted by atomic mass is 10.00. The van der Waals surface area contributed by atoms with E-state index in [4.69, 9.17) is 4.74 Å². The van der Waals surface area contributed by atoms with E-state index in [0.29, 0.717) is 29.2 Å². The summed E-state index contributed by atoms with van der Waals surface area (Å²) >= 11 is 0. The van der Waals surface area contributed by atoms with E-state index < -0.39 is 11.7 Å². The minimum absolute atomic E-state index is 0.0232. The number of alkyl halides is 3. The lowest BCUT2D eigenvalue weighted by Gasteiger charge is -2.23. The number of rotatable bonds is 6. The Morgan fingerprint density at radius 1 is 1.14 bits per heavy atom. The molecule has 188 valence electrons. The van der Waals surface area contributed by atoms with Crippen molar-refractivity contribution in [2.45, 2.75) is 32.1 Å². The molecule has 0 spiro atoms. The number of nitrogens with zero attached hydrogens (tertiary/aromatic N) is 5. The zero-order valence-electron chi connectivity index (χ0n) is 19.7. The lowest BCUT2D eigenvalue weighted by Crippen LogP contribution is -2.36. The normalized spacial score (nSPS) is 19.7. The third-order valence-electron chi connectivity index (χ3n) is 6.45. The Labute approximate surface area is 204 Å². The van der Waals surface area contributed by atoms with Crippen LogP contribution in [-0.4, -0.2) is 51.7 Å². The van der Waals surface area contributed by atoms with E-state index in [1.54, 1.807) is 11.0 Å². The predicted molar refractivity (Wildman–Crippen MR) is 126 cm³/mol. The summed E-state index contributed by atoms with van der Waals surface area (Å²) in [5.74, 6) is 0.517. The second-order valence-corrected chi connectivity index (χ2v) is 8.52. The molecule has 3 atom stereocenters. The van der Waals surface area contributed by atoms with Crippen LogP contribution in [0.2, 0.25) is 0 Å². The average Bonchev–Trinajstić information content (AvgIpc) is 3.16. The van der Waals surface area contributed by atoms with Crippen molar-refractivity contribution in [3.05, 3.63) is 64.8 Å². The Balaban J connectivity index is 1.52. The monoisotopic (exact) mass is 500 g/mol. The van der Waals surface area contributed by atoms with Crippen LogP contribution in [-0.2, 0) is 6.18 Å². The van der Waals surface area contributed by atoms with E-state index in [1.165, 1.54) is 37.6 Å². The van der Waals surface area contributed by atoms with Gasteiger partial charge in [-0.2, -0.15) is 13.2 Å². The highest BCUT2D eigenvalue weighted by molar-refractivity contribution is 5.94. The Bertz CT molecular complexity index is 1250. The van der Waals surface area contributed by atoms with Gasteiger partial charge in [0.25, 0.3) is 5.91 Å². The minimum Gasteiger partial charge on any atom is -0.496 e. The van der Waals surface area contributed by atoms with Gasteiger partial charge in [-0.05, 0) is 47.8 Å². The van der Waals surface area contributed by atoms with E-state index >= 15 is 0 Å². The molecule has 1 aliphatic heterocycles. The number of carbonyl (C=O) groups excluding carboxylic acids is 1. The smallest absolute Gasteiger partial charge is 0.416 e. The van der Waals surface area contributed by atoms with Crippen molar-refractivity contribution < 1.29 is 22.7 Å². The van der Waals surface area contributed by atoms with Crippen LogP contribution in [0.1, 0.15) is 29.9 Å². The third kappa shape index (κ3) is 4.97. The van der Waals surface area contributed by atoms with Crippen LogP contribution >= 0.6 is 0 Å². The molecule has 4 rings (SSSR count). The molecule has 1 saturated heterocycles. The third-order valence-corrected chi connectivity index (χ3v) is 6.45. The van der Waals surface area contributed by atoms with E-state index in [9.17, 15) is 22.9 Å². The Kier molecular flexibility index (Phi) is 6.86. The summed E-state index contributed by atoms with van der Waals surface area (Å²) in [7, 11) is 1.42. The standard InChI is InChI=1S/C24H23F3N6O3/c1-13-14(2)33(12-19(13)29-21-8-9-22(32-35)31-30-21)23(34)18-10-20(36-3)17(11-28-18)15-4-6-16(7-5-15)24(25,26)27/h4-11,13-14,19H,12H2,1-3H3,(H,29,30)/t13-,14+,19+/m0/s1. The maximum Gasteiger partial charge on any atom is 0.416 e. The molecule has 9 nitrogen and oxygen atoms in total. The minimum atomic E-state index is -4.43. The number of hydrogen-bond donors (Lipinski definition) is 1. The molecule has 3 heterocycles. The van der Waals surface area contributed by atoms with Crippen LogP contribution < -0.4 is 10.1 Å². The number of likely N-dealkylation sites (tertiary alicyclic amines) is 1. The molecule has 3 aromatic rings. The highest BCUT2D eigenvalue weighted by Crippen LogP contribution is 2.35. The van der Waals surface area contributed by atoms with Gasteiger partial charge >= 0.3 is 6.18 Å². The summed E-state index contributed by atoms with van der Waals surface area (Å²) in [6.07, 6.45) is -3.01. The van der Waals surface area contributed by atoms with Crippen LogP contribution in [0.5, 0.6) is 5.75 Å². The zero-order valence-corrected chi connectivity index (χ0v) is 19.7. The van der Waals surface area contributed by atoms with Crippen molar-refractivity contribution in [1.82, 2.24) is 20.1 Å². The largest absolute Gasteiger partial charge is 0.496 e. The van der Waals surface area contributed by atoms with Gasteiger partial charge in [0.1, 0.15) is 17.3 Å². The number of nitrogens with one attached hydrogen (secondary N) is 1. The highest BCUT2D eigenvalue weighted by atomic mass is 19.4. The van der Waals surface area contributed by atoms with Gasteiger partial charge in [0, 0.05) is 36.5 Å². The predicted octanol–water partition coefficient (Wildman–Crippen LogP) is 4.93. The van der Waals surface area contributed by atoms with Gasteiger partial charge in [-0.25, -0.2) is 0 Å². The molecular formula is C24H23F3N6O3. The molecule has 0 bridgehead atoms. The molecular weight excluding hydrogens is 477 g/mol. The number of amides is 1. The average molecular weight is 500 g/mol. The van der Waals surface area contributed by atoms with Crippen LogP contribution in [0.25, 0.3) is 11.1 Å². The summed E-state index contributed by atoms with van der Waals surface area (Å²) in [4.78, 5) is 29.9. The quantitative estimate of drug-likeness (QED) is 0.478. The van der Waals surface area contributed by atoms with Crippen molar-refractivity contribution in [2.24, 2.45) is 11.1 Å². The molecule has 0 saturated carbocycles. The summed E-state index contributed by atoms with van der Waals surface area (Å²) in [6.45, 7) is 4.32. The molecule has 0 unspecified atom stereocenters. The molecule has 0 radical (unpaired) electrons. The second-order valence-electron chi connectivity index (χ2n) is 8.52. The number of halogens is 3. The summed E-state index contributed by atoms with van der Waals surface area (Å²) < 4.78 is 44.1. The number of pyridine rings is 1. The molecule has 1 fully saturated rings. The van der Waals surface area contributed by atoms with Gasteiger partial charge in [-0.3, -0.25) is 9.78 Å². The van der Waals surface area contributed by atoms with E-state index in [0.717, 1.165) is 12.1 Å². The zero-order chi connectivity index (χ0) is 26.0. The van der Waals surface area contributed by atoms with Gasteiger partial charge in [0.15, 0.2) is 0 Å². The lowest BCUT2D eigenvalue weighted by molar-refractivity contribution is -0.137. The number of benzene rings is 1. The van der Waals surface area contributed by atoms with Crippen molar-refractivity contribution in [3.8, 4) is 16.9 Å².